The van der Waals surface area contributed by atoms with Crippen LogP contribution < -0.4 is 10.1 Å². The summed E-state index contributed by atoms with van der Waals surface area (Å²) in [6.45, 7) is 3.60. The van der Waals surface area contributed by atoms with Crippen LogP contribution >= 0.6 is 15.9 Å². The monoisotopic (exact) mass is 395 g/mol. The molecular weight excluding hydrogens is 378 g/mol. The Bertz CT molecular complexity index is 725. The van der Waals surface area contributed by atoms with Gasteiger partial charge in [-0.25, -0.2) is 4.79 Å². The predicted octanol–water partition coefficient (Wildman–Crippen LogP) is 3.46. The van der Waals surface area contributed by atoms with Crippen molar-refractivity contribution in [2.45, 2.75) is 26.5 Å². The van der Waals surface area contributed by atoms with Crippen molar-refractivity contribution >= 4 is 27.8 Å². The molecular formula is C17H18BrNO5. The molecule has 2 aromatic rings. The van der Waals surface area contributed by atoms with E-state index >= 15 is 0 Å². The van der Waals surface area contributed by atoms with Gasteiger partial charge >= 0.3 is 5.97 Å². The fraction of sp³-hybridized carbons (Fsp3) is 0.294. The molecule has 0 saturated heterocycles. The minimum Gasteiger partial charge on any atom is -0.486 e. The molecule has 0 radical (unpaired) electrons. The number of carbonyl (C=O) groups excluding carboxylic acids is 1. The van der Waals surface area contributed by atoms with E-state index in [2.05, 4.69) is 21.2 Å². The summed E-state index contributed by atoms with van der Waals surface area (Å²) in [6, 6.07) is 9.50. The van der Waals surface area contributed by atoms with Gasteiger partial charge in [0.15, 0.2) is 5.76 Å². The fourth-order valence-electron chi connectivity index (χ4n) is 2.01. The Kier molecular flexibility index (Phi) is 6.03. The lowest BCUT2D eigenvalue weighted by atomic mass is 10.0. The maximum absolute atomic E-state index is 12.1. The largest absolute Gasteiger partial charge is 0.486 e. The quantitative estimate of drug-likeness (QED) is 0.749. The minimum atomic E-state index is -1.08. The van der Waals surface area contributed by atoms with Gasteiger partial charge in [0.05, 0.1) is 0 Å². The number of rotatable bonds is 7. The van der Waals surface area contributed by atoms with E-state index in [1.807, 2.05) is 18.2 Å². The van der Waals surface area contributed by atoms with E-state index in [1.165, 1.54) is 6.07 Å². The SMILES string of the molecule is CC(C)[C@@H](NC(=O)c1ccc(COc2cccc(Br)c2)o1)C(=O)O. The van der Waals surface area contributed by atoms with Crippen LogP contribution in [0.1, 0.15) is 30.2 Å². The highest BCUT2D eigenvalue weighted by Gasteiger charge is 2.25. The van der Waals surface area contributed by atoms with Gasteiger partial charge in [-0.15, -0.1) is 0 Å². The molecule has 0 aliphatic heterocycles. The first kappa shape index (κ1) is 18.1. The van der Waals surface area contributed by atoms with Crippen LogP contribution in [-0.4, -0.2) is 23.0 Å². The fourth-order valence-corrected chi connectivity index (χ4v) is 2.39. The minimum absolute atomic E-state index is 0.0507. The summed E-state index contributed by atoms with van der Waals surface area (Å²) in [5, 5.41) is 11.6. The summed E-state index contributed by atoms with van der Waals surface area (Å²) in [5.41, 5.74) is 0. The molecule has 7 heteroatoms. The third-order valence-electron chi connectivity index (χ3n) is 3.28. The molecule has 24 heavy (non-hydrogen) atoms. The second-order valence-electron chi connectivity index (χ2n) is 5.55. The lowest BCUT2D eigenvalue weighted by Crippen LogP contribution is -2.44. The van der Waals surface area contributed by atoms with E-state index in [4.69, 9.17) is 14.3 Å². The zero-order chi connectivity index (χ0) is 17.7. The molecule has 0 unspecified atom stereocenters. The van der Waals surface area contributed by atoms with Crippen LogP contribution in [0.15, 0.2) is 45.3 Å². The van der Waals surface area contributed by atoms with Gasteiger partial charge in [-0.3, -0.25) is 4.79 Å². The van der Waals surface area contributed by atoms with Crippen LogP contribution in [0, 0.1) is 5.92 Å². The van der Waals surface area contributed by atoms with Gasteiger partial charge in [0.25, 0.3) is 5.91 Å². The van der Waals surface area contributed by atoms with Crippen molar-refractivity contribution < 1.29 is 23.8 Å². The van der Waals surface area contributed by atoms with Crippen LogP contribution in [0.25, 0.3) is 0 Å². The zero-order valence-electron chi connectivity index (χ0n) is 13.3. The summed E-state index contributed by atoms with van der Waals surface area (Å²) >= 11 is 3.35. The molecule has 128 valence electrons. The molecule has 2 rings (SSSR count). The maximum Gasteiger partial charge on any atom is 0.326 e. The first-order valence-corrected chi connectivity index (χ1v) is 8.17. The number of furan rings is 1. The first-order valence-electron chi connectivity index (χ1n) is 7.37. The average molecular weight is 396 g/mol. The molecule has 6 nitrogen and oxygen atoms in total. The number of amides is 1. The highest BCUT2D eigenvalue weighted by atomic mass is 79.9. The molecule has 1 aromatic heterocycles. The van der Waals surface area contributed by atoms with Gasteiger partial charge in [-0.05, 0) is 36.2 Å². The van der Waals surface area contributed by atoms with Gasteiger partial charge in [-0.2, -0.15) is 0 Å². The maximum atomic E-state index is 12.1. The Morgan fingerprint density at radius 3 is 2.67 bits per heavy atom. The molecule has 0 bridgehead atoms. The number of halogens is 1. The van der Waals surface area contributed by atoms with Crippen LogP contribution in [0.2, 0.25) is 0 Å². The van der Waals surface area contributed by atoms with Gasteiger partial charge < -0.3 is 19.6 Å². The molecule has 1 aromatic carbocycles. The Labute approximate surface area is 147 Å². The molecule has 1 heterocycles. The Balaban J connectivity index is 1.97. The van der Waals surface area contributed by atoms with Crippen LogP contribution in [0.4, 0.5) is 0 Å². The number of nitrogens with one attached hydrogen (secondary N) is 1. The van der Waals surface area contributed by atoms with E-state index in [0.717, 1.165) is 4.47 Å². The van der Waals surface area contributed by atoms with Crippen molar-refractivity contribution in [1.82, 2.24) is 5.32 Å². The Hall–Kier alpha value is -2.28. The molecule has 1 amide bonds. The first-order chi connectivity index (χ1) is 11.4. The molecule has 1 atom stereocenters. The molecule has 2 N–H and O–H groups in total. The van der Waals surface area contributed by atoms with Gasteiger partial charge in [0.2, 0.25) is 0 Å². The smallest absolute Gasteiger partial charge is 0.326 e. The van der Waals surface area contributed by atoms with E-state index < -0.39 is 17.9 Å². The summed E-state index contributed by atoms with van der Waals surface area (Å²) in [5.74, 6) is -0.697. The second kappa shape index (κ2) is 8.01. The summed E-state index contributed by atoms with van der Waals surface area (Å²) < 4.78 is 11.9. The highest BCUT2D eigenvalue weighted by Crippen LogP contribution is 2.19. The van der Waals surface area contributed by atoms with Crippen molar-refractivity contribution in [2.75, 3.05) is 0 Å². The standard InChI is InChI=1S/C17H18BrNO5/c1-10(2)15(17(21)22)19-16(20)14-7-6-13(24-14)9-23-12-5-3-4-11(18)8-12/h3-8,10,15H,9H2,1-2H3,(H,19,20)(H,21,22)/t15-/m1/s1. The second-order valence-corrected chi connectivity index (χ2v) is 6.46. The lowest BCUT2D eigenvalue weighted by Gasteiger charge is -2.16. The lowest BCUT2D eigenvalue weighted by molar-refractivity contribution is -0.140. The van der Waals surface area contributed by atoms with Crippen LogP contribution in [0.5, 0.6) is 5.75 Å². The van der Waals surface area contributed by atoms with E-state index in [0.29, 0.717) is 11.5 Å². The number of benzene rings is 1. The Morgan fingerprint density at radius 1 is 1.29 bits per heavy atom. The third-order valence-corrected chi connectivity index (χ3v) is 3.78. The number of carbonyl (C=O) groups is 2. The summed E-state index contributed by atoms with van der Waals surface area (Å²) in [6.07, 6.45) is 0. The van der Waals surface area contributed by atoms with Crippen molar-refractivity contribution in [2.24, 2.45) is 5.92 Å². The van der Waals surface area contributed by atoms with Gasteiger partial charge in [0.1, 0.15) is 24.2 Å². The third kappa shape index (κ3) is 4.86. The molecule has 0 fully saturated rings. The van der Waals surface area contributed by atoms with Crippen molar-refractivity contribution in [1.29, 1.82) is 0 Å². The highest BCUT2D eigenvalue weighted by molar-refractivity contribution is 9.10. The number of hydrogen-bond acceptors (Lipinski definition) is 4. The van der Waals surface area contributed by atoms with Gasteiger partial charge in [-0.1, -0.05) is 35.8 Å². The van der Waals surface area contributed by atoms with Crippen LogP contribution in [-0.2, 0) is 11.4 Å². The number of carboxylic acids is 1. The van der Waals surface area contributed by atoms with Crippen LogP contribution in [0.3, 0.4) is 0 Å². The van der Waals surface area contributed by atoms with E-state index in [-0.39, 0.29) is 18.3 Å². The number of carboxylic acid groups (broad SMARTS) is 1. The average Bonchev–Trinajstić information content (AvgIpc) is 2.99. The normalized spacial score (nSPS) is 12.0. The molecule has 0 aliphatic rings. The van der Waals surface area contributed by atoms with Crippen molar-refractivity contribution in [3.8, 4) is 5.75 Å². The molecule has 0 saturated carbocycles. The number of hydrogen-bond donors (Lipinski definition) is 2. The number of aliphatic carboxylic acids is 1. The van der Waals surface area contributed by atoms with Crippen molar-refractivity contribution in [3.63, 3.8) is 0 Å². The summed E-state index contributed by atoms with van der Waals surface area (Å²) in [4.78, 5) is 23.2. The van der Waals surface area contributed by atoms with E-state index in [9.17, 15) is 9.59 Å². The van der Waals surface area contributed by atoms with E-state index in [1.54, 1.807) is 26.0 Å². The Morgan fingerprint density at radius 2 is 2.04 bits per heavy atom. The van der Waals surface area contributed by atoms with Gasteiger partial charge in [0, 0.05) is 4.47 Å². The molecule has 0 spiro atoms. The summed E-state index contributed by atoms with van der Waals surface area (Å²) in [7, 11) is 0. The van der Waals surface area contributed by atoms with Crippen molar-refractivity contribution in [3.05, 3.63) is 52.4 Å². The topological polar surface area (TPSA) is 88.8 Å². The molecule has 0 aliphatic carbocycles. The predicted molar refractivity (Wildman–Crippen MR) is 90.9 cm³/mol. The number of ether oxygens (including phenoxy) is 1. The zero-order valence-corrected chi connectivity index (χ0v) is 14.9.